The largest absolute Gasteiger partial charge is 0.458 e. The predicted octanol–water partition coefficient (Wildman–Crippen LogP) is 3.36. The maximum absolute atomic E-state index is 11.9. The van der Waals surface area contributed by atoms with Crippen LogP contribution in [-0.4, -0.2) is 48.8 Å². The molecule has 2 aromatic rings. The fourth-order valence-corrected chi connectivity index (χ4v) is 9.53. The summed E-state index contributed by atoms with van der Waals surface area (Å²) in [6.07, 6.45) is -3.12. The minimum atomic E-state index is -2.98. The van der Waals surface area contributed by atoms with E-state index in [1.165, 1.54) is 6.92 Å². The van der Waals surface area contributed by atoms with Crippen molar-refractivity contribution in [1.29, 1.82) is 0 Å². The molecule has 0 spiro atoms. The number of carbonyl (C=O) groups excluding carboxylic acids is 1. The summed E-state index contributed by atoms with van der Waals surface area (Å²) in [6, 6.07) is 20.3. The van der Waals surface area contributed by atoms with Crippen LogP contribution < -0.4 is 10.4 Å². The van der Waals surface area contributed by atoms with E-state index in [9.17, 15) is 9.90 Å². The molecule has 1 fully saturated rings. The SMILES string of the molecule is CC(=O)OC1C(Br)[C@H](C)O[C@@H](O)[C@H]1O[Si](c1ccccc1)(c1ccccc1)C(C)(C)C. The van der Waals surface area contributed by atoms with E-state index in [1.807, 2.05) is 43.3 Å². The molecule has 1 aliphatic rings. The second-order valence-electron chi connectivity index (χ2n) is 9.00. The van der Waals surface area contributed by atoms with E-state index in [0.717, 1.165) is 10.4 Å². The average Bonchev–Trinajstić information content (AvgIpc) is 2.72. The van der Waals surface area contributed by atoms with Crippen LogP contribution in [-0.2, 0) is 18.7 Å². The van der Waals surface area contributed by atoms with E-state index in [1.54, 1.807) is 0 Å². The standard InChI is InChI=1S/C24H31BrO5Si/c1-16-20(25)21(29-17(2)26)22(23(27)28-16)30-31(24(3,4)5,18-12-8-6-9-13-18)19-14-10-7-11-15-19/h6-16,20-23,27H,1-5H3/t16-,20?,21?,22-,23+/m0/s1. The lowest BCUT2D eigenvalue weighted by atomic mass is 10.0. The van der Waals surface area contributed by atoms with Gasteiger partial charge in [-0.1, -0.05) is 97.4 Å². The van der Waals surface area contributed by atoms with Gasteiger partial charge in [-0.25, -0.2) is 0 Å². The first kappa shape index (κ1) is 24.1. The maximum atomic E-state index is 11.9. The Morgan fingerprint density at radius 3 is 1.90 bits per heavy atom. The molecule has 1 N–H and O–H groups in total. The van der Waals surface area contributed by atoms with Crippen molar-refractivity contribution < 1.29 is 23.8 Å². The van der Waals surface area contributed by atoms with Gasteiger partial charge in [0.15, 0.2) is 6.29 Å². The van der Waals surface area contributed by atoms with Crippen molar-refractivity contribution in [1.82, 2.24) is 0 Å². The number of aliphatic hydroxyl groups is 1. The summed E-state index contributed by atoms with van der Waals surface area (Å²) in [7, 11) is -2.98. The summed E-state index contributed by atoms with van der Waals surface area (Å²) in [5.41, 5.74) is 0. The molecule has 0 radical (unpaired) electrons. The molecule has 168 valence electrons. The molecule has 2 aromatic carbocycles. The minimum absolute atomic E-state index is 0.291. The molecule has 0 aliphatic carbocycles. The predicted molar refractivity (Wildman–Crippen MR) is 127 cm³/mol. The molecule has 5 atom stereocenters. The van der Waals surface area contributed by atoms with E-state index in [4.69, 9.17) is 13.9 Å². The van der Waals surface area contributed by atoms with Gasteiger partial charge >= 0.3 is 5.97 Å². The van der Waals surface area contributed by atoms with E-state index >= 15 is 0 Å². The fraction of sp³-hybridized carbons (Fsp3) is 0.458. The molecule has 0 bridgehead atoms. The molecule has 2 unspecified atom stereocenters. The van der Waals surface area contributed by atoms with Gasteiger partial charge in [0.2, 0.25) is 0 Å². The highest BCUT2D eigenvalue weighted by atomic mass is 79.9. The normalized spacial score (nSPS) is 27.0. The Morgan fingerprint density at radius 2 is 1.48 bits per heavy atom. The topological polar surface area (TPSA) is 65.0 Å². The first-order valence-electron chi connectivity index (χ1n) is 10.5. The number of esters is 1. The van der Waals surface area contributed by atoms with Crippen molar-refractivity contribution >= 4 is 40.6 Å². The van der Waals surface area contributed by atoms with Gasteiger partial charge in [-0.2, -0.15) is 0 Å². The number of carbonyl (C=O) groups is 1. The van der Waals surface area contributed by atoms with Crippen molar-refractivity contribution in [3.05, 3.63) is 60.7 Å². The van der Waals surface area contributed by atoms with Gasteiger partial charge in [0.25, 0.3) is 8.32 Å². The maximum Gasteiger partial charge on any atom is 0.303 e. The number of benzene rings is 2. The Morgan fingerprint density at radius 1 is 1.00 bits per heavy atom. The van der Waals surface area contributed by atoms with Crippen LogP contribution in [0.1, 0.15) is 34.6 Å². The number of rotatable bonds is 5. The van der Waals surface area contributed by atoms with Crippen LogP contribution in [0.15, 0.2) is 60.7 Å². The monoisotopic (exact) mass is 506 g/mol. The zero-order valence-electron chi connectivity index (χ0n) is 18.6. The second-order valence-corrected chi connectivity index (χ2v) is 14.3. The van der Waals surface area contributed by atoms with Crippen molar-refractivity contribution in [3.8, 4) is 0 Å². The molecule has 1 saturated heterocycles. The van der Waals surface area contributed by atoms with Crippen LogP contribution in [0.2, 0.25) is 5.04 Å². The third-order valence-electron chi connectivity index (χ3n) is 5.75. The molecular weight excluding hydrogens is 476 g/mol. The van der Waals surface area contributed by atoms with Crippen LogP contribution >= 0.6 is 15.9 Å². The van der Waals surface area contributed by atoms with Gasteiger partial charge in [-0.15, -0.1) is 0 Å². The highest BCUT2D eigenvalue weighted by Crippen LogP contribution is 2.40. The zero-order valence-corrected chi connectivity index (χ0v) is 21.2. The summed E-state index contributed by atoms with van der Waals surface area (Å²) >= 11 is 3.61. The summed E-state index contributed by atoms with van der Waals surface area (Å²) in [5, 5.41) is 12.8. The first-order valence-corrected chi connectivity index (χ1v) is 13.3. The van der Waals surface area contributed by atoms with Crippen molar-refractivity contribution in [2.24, 2.45) is 0 Å². The molecule has 3 rings (SSSR count). The summed E-state index contributed by atoms with van der Waals surface area (Å²) in [6.45, 7) is 9.67. The third kappa shape index (κ3) is 4.81. The highest BCUT2D eigenvalue weighted by molar-refractivity contribution is 9.09. The molecule has 1 heterocycles. The zero-order chi connectivity index (χ0) is 22.8. The molecule has 1 aliphatic heterocycles. The second kappa shape index (κ2) is 9.54. The smallest absolute Gasteiger partial charge is 0.303 e. The van der Waals surface area contributed by atoms with Crippen molar-refractivity contribution in [3.63, 3.8) is 0 Å². The van der Waals surface area contributed by atoms with Gasteiger partial charge in [-0.3, -0.25) is 4.79 Å². The molecule has 0 amide bonds. The van der Waals surface area contributed by atoms with Gasteiger partial charge in [0.1, 0.15) is 12.2 Å². The fourth-order valence-electron chi connectivity index (χ4n) is 4.33. The Hall–Kier alpha value is -1.51. The third-order valence-corrected chi connectivity index (χ3v) is 12.0. The van der Waals surface area contributed by atoms with Gasteiger partial charge in [0, 0.05) is 6.92 Å². The van der Waals surface area contributed by atoms with Crippen LogP contribution in [0.25, 0.3) is 0 Å². The molecule has 5 nitrogen and oxygen atoms in total. The van der Waals surface area contributed by atoms with Crippen LogP contribution in [0.5, 0.6) is 0 Å². The Bertz CT molecular complexity index is 831. The summed E-state index contributed by atoms with van der Waals surface area (Å²) in [5.74, 6) is -0.424. The Kier molecular flexibility index (Phi) is 7.43. The van der Waals surface area contributed by atoms with E-state index in [2.05, 4.69) is 61.0 Å². The van der Waals surface area contributed by atoms with Crippen LogP contribution in [0, 0.1) is 0 Å². The average molecular weight is 507 g/mol. The number of aliphatic hydroxyl groups excluding tert-OH is 1. The molecule has 0 aromatic heterocycles. The van der Waals surface area contributed by atoms with Gasteiger partial charge < -0.3 is 19.0 Å². The summed E-state index contributed by atoms with van der Waals surface area (Å²) in [4.78, 5) is 11.6. The number of ether oxygens (including phenoxy) is 2. The lowest BCUT2D eigenvalue weighted by Gasteiger charge is -2.49. The van der Waals surface area contributed by atoms with Crippen LogP contribution in [0.3, 0.4) is 0 Å². The quantitative estimate of drug-likeness (QED) is 0.382. The van der Waals surface area contributed by atoms with E-state index in [0.29, 0.717) is 0 Å². The Labute approximate surface area is 194 Å². The molecule has 31 heavy (non-hydrogen) atoms. The summed E-state index contributed by atoms with van der Waals surface area (Å²) < 4.78 is 18.4. The number of alkyl halides is 1. The minimum Gasteiger partial charge on any atom is -0.458 e. The van der Waals surface area contributed by atoms with Crippen molar-refractivity contribution in [2.45, 2.75) is 69.1 Å². The number of hydrogen-bond donors (Lipinski definition) is 1. The van der Waals surface area contributed by atoms with Gasteiger partial charge in [0.05, 0.1) is 10.9 Å². The molecule has 0 saturated carbocycles. The lowest BCUT2D eigenvalue weighted by Crippen LogP contribution is -2.71. The highest BCUT2D eigenvalue weighted by Gasteiger charge is 2.56. The lowest BCUT2D eigenvalue weighted by molar-refractivity contribution is -0.239. The molecule has 7 heteroatoms. The van der Waals surface area contributed by atoms with Crippen molar-refractivity contribution in [2.75, 3.05) is 0 Å². The van der Waals surface area contributed by atoms with Gasteiger partial charge in [-0.05, 0) is 22.3 Å². The number of halogens is 1. The van der Waals surface area contributed by atoms with E-state index < -0.39 is 32.8 Å². The van der Waals surface area contributed by atoms with Crippen LogP contribution in [0.4, 0.5) is 0 Å². The Balaban J connectivity index is 2.19. The first-order chi connectivity index (χ1) is 14.6. The molecular formula is C24H31BrO5Si. The van der Waals surface area contributed by atoms with E-state index in [-0.39, 0.29) is 16.0 Å². The number of hydrogen-bond acceptors (Lipinski definition) is 5.